The molecule has 0 bridgehead atoms. The summed E-state index contributed by atoms with van der Waals surface area (Å²) < 4.78 is 133. The van der Waals surface area contributed by atoms with Gasteiger partial charge in [0, 0.05) is 18.6 Å². The molecule has 0 spiro atoms. The molecule has 2 aliphatic rings. The molecule has 1 saturated carbocycles. The summed E-state index contributed by atoms with van der Waals surface area (Å²) in [6.07, 6.45) is -13.1. The fourth-order valence-electron chi connectivity index (χ4n) is 5.18. The van der Waals surface area contributed by atoms with Gasteiger partial charge in [-0.3, -0.25) is 4.79 Å². The predicted octanol–water partition coefficient (Wildman–Crippen LogP) is 3.87. The number of fused-ring (bicyclic) bond motifs is 1. The SMILES string of the molecule is COC[C@H](c1cnn2cc([C@H](COC(C)(C)C(F)(F)F)C3(C(N)=O)CC3C(F)(F)F)nc2c1)N1C[C@@H](C(F)(F)F)NC1=O. The molecule has 2 fully saturated rings. The van der Waals surface area contributed by atoms with E-state index in [0.29, 0.717) is 13.8 Å². The van der Waals surface area contributed by atoms with E-state index in [1.54, 1.807) is 0 Å². The van der Waals surface area contributed by atoms with Gasteiger partial charge in [0.05, 0.1) is 55.2 Å². The van der Waals surface area contributed by atoms with Crippen LogP contribution >= 0.6 is 0 Å². The molecule has 2 unspecified atom stereocenters. The molecular weight excluding hydrogens is 607 g/mol. The van der Waals surface area contributed by atoms with Crippen molar-refractivity contribution in [2.24, 2.45) is 17.1 Å². The Labute approximate surface area is 237 Å². The van der Waals surface area contributed by atoms with E-state index in [0.717, 1.165) is 21.8 Å². The van der Waals surface area contributed by atoms with Gasteiger partial charge in [-0.15, -0.1) is 0 Å². The number of rotatable bonds is 10. The number of halogens is 9. The Kier molecular flexibility index (Phi) is 8.08. The molecule has 2 aromatic rings. The van der Waals surface area contributed by atoms with Crippen molar-refractivity contribution in [3.63, 3.8) is 0 Å². The summed E-state index contributed by atoms with van der Waals surface area (Å²) in [6.45, 7) is -0.710. The lowest BCUT2D eigenvalue weighted by Gasteiger charge is -2.32. The normalized spacial score (nSPS) is 24.7. The second kappa shape index (κ2) is 10.7. The number of imidazole rings is 1. The van der Waals surface area contributed by atoms with E-state index >= 15 is 0 Å². The van der Waals surface area contributed by atoms with Crippen LogP contribution in [-0.4, -0.2) is 88.5 Å². The predicted molar refractivity (Wildman–Crippen MR) is 127 cm³/mol. The Balaban J connectivity index is 1.73. The Morgan fingerprint density at radius 3 is 2.28 bits per heavy atom. The van der Waals surface area contributed by atoms with E-state index in [2.05, 4.69) is 10.1 Å². The second-order valence-electron chi connectivity index (χ2n) is 11.0. The van der Waals surface area contributed by atoms with Crippen molar-refractivity contribution in [3.8, 4) is 0 Å². The molecule has 10 nitrogen and oxygen atoms in total. The number of nitrogens with one attached hydrogen (secondary N) is 1. The van der Waals surface area contributed by atoms with Crippen molar-refractivity contribution < 1.29 is 58.6 Å². The molecule has 43 heavy (non-hydrogen) atoms. The average molecular weight is 635 g/mol. The van der Waals surface area contributed by atoms with Gasteiger partial charge in [0.2, 0.25) is 5.91 Å². The van der Waals surface area contributed by atoms with Crippen LogP contribution in [-0.2, 0) is 14.3 Å². The number of hydrogen-bond acceptors (Lipinski definition) is 6. The van der Waals surface area contributed by atoms with Crippen LogP contribution < -0.4 is 11.1 Å². The molecule has 1 aliphatic heterocycles. The summed E-state index contributed by atoms with van der Waals surface area (Å²) in [7, 11) is 1.24. The van der Waals surface area contributed by atoms with Gasteiger partial charge in [0.1, 0.15) is 6.04 Å². The molecule has 4 rings (SSSR count). The van der Waals surface area contributed by atoms with Gasteiger partial charge in [-0.05, 0) is 26.3 Å². The number of methoxy groups -OCH3 is 1. The van der Waals surface area contributed by atoms with E-state index < -0.39 is 85.0 Å². The maximum Gasteiger partial charge on any atom is 0.416 e. The second-order valence-corrected chi connectivity index (χ2v) is 11.0. The third-order valence-corrected chi connectivity index (χ3v) is 7.91. The summed E-state index contributed by atoms with van der Waals surface area (Å²) in [5, 5.41) is 5.91. The molecule has 3 heterocycles. The number of hydrogen-bond donors (Lipinski definition) is 2. The topological polar surface area (TPSA) is 124 Å². The van der Waals surface area contributed by atoms with Crippen molar-refractivity contribution in [3.05, 3.63) is 29.7 Å². The fraction of sp³-hybridized carbons (Fsp3) is 0.667. The van der Waals surface area contributed by atoms with Crippen LogP contribution in [0.25, 0.3) is 5.65 Å². The third kappa shape index (κ3) is 6.05. The fourth-order valence-corrected chi connectivity index (χ4v) is 5.18. The molecule has 3 N–H and O–H groups in total. The number of carbonyl (C=O) groups is 2. The van der Waals surface area contributed by atoms with Gasteiger partial charge in [-0.25, -0.2) is 14.3 Å². The van der Waals surface area contributed by atoms with Crippen LogP contribution in [0.1, 0.15) is 43.5 Å². The maximum atomic E-state index is 13.7. The number of aromatic nitrogens is 3. The van der Waals surface area contributed by atoms with Crippen LogP contribution in [0.2, 0.25) is 0 Å². The van der Waals surface area contributed by atoms with Crippen molar-refractivity contribution in [2.75, 3.05) is 26.9 Å². The Bertz CT molecular complexity index is 1380. The van der Waals surface area contributed by atoms with Crippen LogP contribution in [0, 0.1) is 11.3 Å². The zero-order valence-electron chi connectivity index (χ0n) is 22.8. The first-order valence-corrected chi connectivity index (χ1v) is 12.7. The van der Waals surface area contributed by atoms with E-state index in [4.69, 9.17) is 15.2 Å². The zero-order chi connectivity index (χ0) is 32.3. The first-order chi connectivity index (χ1) is 19.6. The van der Waals surface area contributed by atoms with E-state index in [1.165, 1.54) is 13.2 Å². The summed E-state index contributed by atoms with van der Waals surface area (Å²) in [6, 6.07) is -3.01. The maximum absolute atomic E-state index is 13.7. The molecule has 19 heteroatoms. The van der Waals surface area contributed by atoms with Crippen molar-refractivity contribution in [1.29, 1.82) is 0 Å². The Hall–Kier alpha value is -3.35. The molecule has 5 atom stereocenters. The molecule has 2 aromatic heterocycles. The number of carbonyl (C=O) groups excluding carboxylic acids is 2. The number of amides is 3. The Morgan fingerprint density at radius 2 is 1.79 bits per heavy atom. The highest BCUT2D eigenvalue weighted by molar-refractivity contribution is 5.86. The minimum atomic E-state index is -4.91. The van der Waals surface area contributed by atoms with Gasteiger partial charge in [-0.1, -0.05) is 0 Å². The number of urea groups is 1. The van der Waals surface area contributed by atoms with Gasteiger partial charge >= 0.3 is 24.6 Å². The van der Waals surface area contributed by atoms with Gasteiger partial charge in [0.25, 0.3) is 0 Å². The summed E-state index contributed by atoms with van der Waals surface area (Å²) in [5.41, 5.74) is -0.0161. The number of nitrogens with two attached hydrogens (primary N) is 1. The zero-order valence-corrected chi connectivity index (χ0v) is 22.8. The highest BCUT2D eigenvalue weighted by Crippen LogP contribution is 2.66. The summed E-state index contributed by atoms with van der Waals surface area (Å²) >= 11 is 0. The van der Waals surface area contributed by atoms with Gasteiger partial charge in [-0.2, -0.15) is 44.6 Å². The smallest absolute Gasteiger partial charge is 0.382 e. The van der Waals surface area contributed by atoms with E-state index in [1.807, 2.05) is 5.32 Å². The molecule has 1 saturated heterocycles. The van der Waals surface area contributed by atoms with Crippen LogP contribution in [0.15, 0.2) is 18.5 Å². The monoisotopic (exact) mass is 634 g/mol. The van der Waals surface area contributed by atoms with Crippen LogP contribution in [0.4, 0.5) is 44.3 Å². The summed E-state index contributed by atoms with van der Waals surface area (Å²) in [4.78, 5) is 29.9. The Morgan fingerprint density at radius 1 is 1.14 bits per heavy atom. The van der Waals surface area contributed by atoms with Crippen molar-refractivity contribution in [2.45, 2.75) is 62.4 Å². The molecular formula is C24H27F9N6O4. The number of primary amides is 1. The molecule has 3 amide bonds. The largest absolute Gasteiger partial charge is 0.416 e. The number of ether oxygens (including phenoxy) is 2. The third-order valence-electron chi connectivity index (χ3n) is 7.91. The van der Waals surface area contributed by atoms with Gasteiger partial charge in [0.15, 0.2) is 11.2 Å². The minimum absolute atomic E-state index is 0.0931. The highest BCUT2D eigenvalue weighted by atomic mass is 19.4. The van der Waals surface area contributed by atoms with Gasteiger partial charge < -0.3 is 25.4 Å². The quantitative estimate of drug-likeness (QED) is 0.383. The van der Waals surface area contributed by atoms with Crippen molar-refractivity contribution in [1.82, 2.24) is 24.8 Å². The molecule has 0 radical (unpaired) electrons. The lowest BCUT2D eigenvalue weighted by Crippen LogP contribution is -2.45. The highest BCUT2D eigenvalue weighted by Gasteiger charge is 2.73. The lowest BCUT2D eigenvalue weighted by molar-refractivity contribution is -0.266. The molecule has 240 valence electrons. The molecule has 0 aromatic carbocycles. The summed E-state index contributed by atoms with van der Waals surface area (Å²) in [5.74, 6) is -5.36. The van der Waals surface area contributed by atoms with Crippen LogP contribution in [0.5, 0.6) is 0 Å². The molecule has 1 aliphatic carbocycles. The van der Waals surface area contributed by atoms with E-state index in [9.17, 15) is 49.1 Å². The first-order valence-electron chi connectivity index (χ1n) is 12.7. The van der Waals surface area contributed by atoms with E-state index in [-0.39, 0.29) is 23.5 Å². The lowest BCUT2D eigenvalue weighted by atomic mass is 9.83. The number of alkyl halides is 9. The van der Waals surface area contributed by atoms with Crippen molar-refractivity contribution >= 4 is 17.6 Å². The van der Waals surface area contributed by atoms with Crippen LogP contribution in [0.3, 0.4) is 0 Å². The first kappa shape index (κ1) is 32.6. The average Bonchev–Trinajstić information content (AvgIpc) is 3.32. The standard InChI is InChI=1S/C24H27F9N6O4/c1-20(2,24(31,32)33)43-9-12(21(18(34)40)5-15(21)22(25,26)27)13-7-39-17(36-13)4-11(6-35-39)14(10-42-3)38-8-16(23(28,29)30)37-19(38)41/h4,6-7,12,14-16H,5,8-10H2,1-3H3,(H2,34,40)(H,37,41)/t12-,14+,15?,16-,21?/m0/s1. The minimum Gasteiger partial charge on any atom is -0.382 e. The number of nitrogens with zero attached hydrogens (tertiary/aromatic N) is 4.